The van der Waals surface area contributed by atoms with Gasteiger partial charge < -0.3 is 20.1 Å². The van der Waals surface area contributed by atoms with Crippen molar-refractivity contribution >= 4 is 29.8 Å². The van der Waals surface area contributed by atoms with Crippen molar-refractivity contribution in [2.24, 2.45) is 0 Å². The average molecular weight is 424 g/mol. The minimum atomic E-state index is -0.937. The quantitative estimate of drug-likeness (QED) is 0.467. The molecule has 0 aliphatic heterocycles. The maximum atomic E-state index is 12.4. The van der Waals surface area contributed by atoms with Gasteiger partial charge in [0.2, 0.25) is 5.91 Å². The molecular formula is C23H24N2O6. The number of carbonyl (C=O) groups is 4. The lowest BCUT2D eigenvalue weighted by molar-refractivity contribution is -0.148. The summed E-state index contributed by atoms with van der Waals surface area (Å²) in [5, 5.41) is 4.90. The van der Waals surface area contributed by atoms with Crippen LogP contribution in [-0.2, 0) is 35.1 Å². The molecule has 1 atom stereocenters. The summed E-state index contributed by atoms with van der Waals surface area (Å²) >= 11 is 0. The Morgan fingerprint density at radius 1 is 0.968 bits per heavy atom. The van der Waals surface area contributed by atoms with Crippen LogP contribution in [0.2, 0.25) is 0 Å². The van der Waals surface area contributed by atoms with Crippen molar-refractivity contribution < 1.29 is 28.7 Å². The van der Waals surface area contributed by atoms with Gasteiger partial charge in [0.05, 0.1) is 7.11 Å². The first kappa shape index (κ1) is 23.3. The van der Waals surface area contributed by atoms with Gasteiger partial charge in [0.1, 0.15) is 11.7 Å². The van der Waals surface area contributed by atoms with Gasteiger partial charge in [-0.15, -0.1) is 0 Å². The van der Waals surface area contributed by atoms with E-state index < -0.39 is 36.4 Å². The molecule has 0 spiro atoms. The molecule has 2 aromatic carbocycles. The molecule has 31 heavy (non-hydrogen) atoms. The fourth-order valence-corrected chi connectivity index (χ4v) is 2.68. The Hall–Kier alpha value is -3.94. The summed E-state index contributed by atoms with van der Waals surface area (Å²) in [6.07, 6.45) is 1.66. The second-order valence-corrected chi connectivity index (χ2v) is 6.56. The van der Waals surface area contributed by atoms with E-state index in [0.717, 1.165) is 5.56 Å². The number of esters is 2. The largest absolute Gasteiger partial charge is 0.467 e. The number of carbonyl (C=O) groups excluding carboxylic acids is 4. The zero-order chi connectivity index (χ0) is 22.6. The molecular weight excluding hydrogens is 400 g/mol. The van der Waals surface area contributed by atoms with Crippen LogP contribution in [0.25, 0.3) is 6.08 Å². The van der Waals surface area contributed by atoms with Gasteiger partial charge in [-0.1, -0.05) is 60.7 Å². The Morgan fingerprint density at radius 2 is 1.58 bits per heavy atom. The van der Waals surface area contributed by atoms with E-state index >= 15 is 0 Å². The number of hydrogen-bond donors (Lipinski definition) is 2. The average Bonchev–Trinajstić information content (AvgIpc) is 2.77. The molecule has 0 heterocycles. The highest BCUT2D eigenvalue weighted by Crippen LogP contribution is 2.07. The Balaban J connectivity index is 2.00. The van der Waals surface area contributed by atoms with Crippen molar-refractivity contribution in [1.29, 1.82) is 0 Å². The van der Waals surface area contributed by atoms with Crippen molar-refractivity contribution in [2.75, 3.05) is 13.7 Å². The van der Waals surface area contributed by atoms with Crippen LogP contribution in [0, 0.1) is 0 Å². The maximum absolute atomic E-state index is 12.4. The van der Waals surface area contributed by atoms with Gasteiger partial charge in [-0.25, -0.2) is 9.59 Å². The normalized spacial score (nSPS) is 11.7. The minimum Gasteiger partial charge on any atom is -0.467 e. The minimum absolute atomic E-state index is 0.111. The van der Waals surface area contributed by atoms with Crippen molar-refractivity contribution in [3.05, 3.63) is 77.5 Å². The molecule has 1 unspecified atom stereocenters. The first-order valence-electron chi connectivity index (χ1n) is 9.51. The van der Waals surface area contributed by atoms with Crippen LogP contribution >= 0.6 is 0 Å². The molecule has 0 aliphatic carbocycles. The third kappa shape index (κ3) is 8.14. The molecule has 2 amide bonds. The van der Waals surface area contributed by atoms with Crippen molar-refractivity contribution in [1.82, 2.24) is 10.6 Å². The van der Waals surface area contributed by atoms with Crippen molar-refractivity contribution in [2.45, 2.75) is 19.4 Å². The highest BCUT2D eigenvalue weighted by Gasteiger charge is 2.23. The third-order valence-electron chi connectivity index (χ3n) is 4.08. The number of hydrogen-bond acceptors (Lipinski definition) is 6. The van der Waals surface area contributed by atoms with E-state index in [2.05, 4.69) is 10.6 Å². The lowest BCUT2D eigenvalue weighted by Crippen LogP contribution is -2.45. The second kappa shape index (κ2) is 11.9. The number of benzene rings is 2. The van der Waals surface area contributed by atoms with Gasteiger partial charge in [-0.05, 0) is 17.2 Å². The molecule has 0 aromatic heterocycles. The molecule has 0 fully saturated rings. The van der Waals surface area contributed by atoms with Gasteiger partial charge in [0.25, 0.3) is 5.91 Å². The van der Waals surface area contributed by atoms with Gasteiger partial charge in [0.15, 0.2) is 6.61 Å². The van der Waals surface area contributed by atoms with Crippen LogP contribution in [0.1, 0.15) is 18.1 Å². The molecule has 0 bridgehead atoms. The number of amides is 2. The summed E-state index contributed by atoms with van der Waals surface area (Å²) in [4.78, 5) is 48.1. The smallest absolute Gasteiger partial charge is 0.355 e. The van der Waals surface area contributed by atoms with E-state index in [4.69, 9.17) is 9.47 Å². The Morgan fingerprint density at radius 3 is 2.16 bits per heavy atom. The van der Waals surface area contributed by atoms with Crippen LogP contribution in [0.15, 0.2) is 66.4 Å². The molecule has 0 saturated heterocycles. The van der Waals surface area contributed by atoms with Crippen LogP contribution in [0.4, 0.5) is 0 Å². The Kier molecular flexibility index (Phi) is 8.97. The van der Waals surface area contributed by atoms with Crippen molar-refractivity contribution in [3.8, 4) is 0 Å². The summed E-state index contributed by atoms with van der Waals surface area (Å²) in [5.41, 5.74) is 1.38. The highest BCUT2D eigenvalue weighted by molar-refractivity contribution is 5.98. The van der Waals surface area contributed by atoms with Crippen LogP contribution in [0.3, 0.4) is 0 Å². The predicted molar refractivity (Wildman–Crippen MR) is 113 cm³/mol. The molecule has 0 aliphatic rings. The monoisotopic (exact) mass is 424 g/mol. The first-order valence-corrected chi connectivity index (χ1v) is 9.51. The van der Waals surface area contributed by atoms with Crippen LogP contribution < -0.4 is 10.6 Å². The summed E-state index contributed by atoms with van der Waals surface area (Å²) in [5.74, 6) is -2.64. The topological polar surface area (TPSA) is 111 Å². The summed E-state index contributed by atoms with van der Waals surface area (Å²) < 4.78 is 9.76. The number of ether oxygens (including phenoxy) is 2. The lowest BCUT2D eigenvalue weighted by atomic mass is 10.1. The number of nitrogens with one attached hydrogen (secondary N) is 2. The van der Waals surface area contributed by atoms with Gasteiger partial charge in [-0.2, -0.15) is 0 Å². The molecule has 2 rings (SSSR count). The predicted octanol–water partition coefficient (Wildman–Crippen LogP) is 1.61. The van der Waals surface area contributed by atoms with Gasteiger partial charge in [0, 0.05) is 13.3 Å². The SMILES string of the molecule is COC(=O)C(Cc1ccccc1)NC(=O)COC(=O)/C(=C/c1ccccc1)NC(C)=O. The zero-order valence-electron chi connectivity index (χ0n) is 17.3. The van der Waals surface area contributed by atoms with Crippen LogP contribution in [0.5, 0.6) is 0 Å². The summed E-state index contributed by atoms with van der Waals surface area (Å²) in [6, 6.07) is 17.0. The first-order chi connectivity index (χ1) is 14.9. The van der Waals surface area contributed by atoms with E-state index in [1.165, 1.54) is 20.1 Å². The van der Waals surface area contributed by atoms with Crippen molar-refractivity contribution in [3.63, 3.8) is 0 Å². The fourth-order valence-electron chi connectivity index (χ4n) is 2.68. The zero-order valence-corrected chi connectivity index (χ0v) is 17.3. The third-order valence-corrected chi connectivity index (χ3v) is 4.08. The molecule has 0 radical (unpaired) electrons. The molecule has 162 valence electrons. The molecule has 8 heteroatoms. The summed E-state index contributed by atoms with van der Waals surface area (Å²) in [6.45, 7) is 0.621. The van der Waals surface area contributed by atoms with E-state index in [-0.39, 0.29) is 12.1 Å². The molecule has 2 N–H and O–H groups in total. The lowest BCUT2D eigenvalue weighted by Gasteiger charge is -2.17. The van der Waals surface area contributed by atoms with E-state index in [1.54, 1.807) is 24.3 Å². The highest BCUT2D eigenvalue weighted by atomic mass is 16.5. The Labute approximate surface area is 180 Å². The molecule has 0 saturated carbocycles. The fraction of sp³-hybridized carbons (Fsp3) is 0.217. The number of methoxy groups -OCH3 is 1. The molecule has 2 aromatic rings. The maximum Gasteiger partial charge on any atom is 0.355 e. The summed E-state index contributed by atoms with van der Waals surface area (Å²) in [7, 11) is 1.22. The van der Waals surface area contributed by atoms with Gasteiger partial charge in [-0.3, -0.25) is 9.59 Å². The van der Waals surface area contributed by atoms with Gasteiger partial charge >= 0.3 is 11.9 Å². The second-order valence-electron chi connectivity index (χ2n) is 6.56. The van der Waals surface area contributed by atoms with E-state index in [9.17, 15) is 19.2 Å². The Bertz CT molecular complexity index is 941. The van der Waals surface area contributed by atoms with Crippen LogP contribution in [-0.4, -0.2) is 43.5 Å². The van der Waals surface area contributed by atoms with E-state index in [0.29, 0.717) is 5.56 Å². The number of rotatable bonds is 9. The molecule has 8 nitrogen and oxygen atoms in total. The van der Waals surface area contributed by atoms with E-state index in [1.807, 2.05) is 36.4 Å². The standard InChI is InChI=1S/C23H24N2O6/c1-16(26)24-20(14-18-11-7-4-8-12-18)23(29)31-15-21(27)25-19(22(28)30-2)13-17-9-5-3-6-10-17/h3-12,14,19H,13,15H2,1-2H3,(H,24,26)(H,25,27)/b20-14-.